The Kier molecular flexibility index (Phi) is 3.37. The van der Waals surface area contributed by atoms with Crippen LogP contribution >= 0.6 is 0 Å². The molecule has 0 bridgehead atoms. The summed E-state index contributed by atoms with van der Waals surface area (Å²) in [4.78, 5) is 38.1. The van der Waals surface area contributed by atoms with Crippen molar-refractivity contribution in [3.63, 3.8) is 0 Å². The number of nitrogens with zero attached hydrogens (tertiary/aromatic N) is 2. The Morgan fingerprint density at radius 2 is 1.62 bits per heavy atom. The van der Waals surface area contributed by atoms with Crippen LogP contribution in [0.3, 0.4) is 0 Å². The van der Waals surface area contributed by atoms with Crippen molar-refractivity contribution in [1.82, 2.24) is 0 Å². The molecule has 6 heteroatoms. The van der Waals surface area contributed by atoms with Gasteiger partial charge in [-0.1, -0.05) is 18.2 Å². The maximum atomic E-state index is 13.1. The number of hydrogen-bond acceptors (Lipinski definition) is 4. The fraction of sp³-hybridized carbons (Fsp3) is 0.100. The highest BCUT2D eigenvalue weighted by atomic mass is 16.6. The number of imide groups is 1. The maximum Gasteiger partial charge on any atom is 0.277 e. The van der Waals surface area contributed by atoms with Gasteiger partial charge in [0.15, 0.2) is 0 Å². The van der Waals surface area contributed by atoms with Crippen LogP contribution in [0.5, 0.6) is 0 Å². The number of carbonyl (C=O) groups excluding carboxylic acids is 2. The number of amides is 2. The molecule has 0 radical (unpaired) electrons. The Bertz CT molecular complexity index is 1110. The van der Waals surface area contributed by atoms with E-state index in [9.17, 15) is 19.7 Å². The van der Waals surface area contributed by atoms with E-state index in [1.807, 2.05) is 26.0 Å². The third-order valence-electron chi connectivity index (χ3n) is 4.69. The van der Waals surface area contributed by atoms with E-state index in [1.54, 1.807) is 24.3 Å². The minimum absolute atomic E-state index is 0.119. The SMILES string of the molecule is Cc1ccc(C)c(N2C(=O)c3cccc4c([N+](=O)[O-])ccc(c34)C2=O)c1. The molecule has 2 amide bonds. The van der Waals surface area contributed by atoms with Gasteiger partial charge >= 0.3 is 0 Å². The zero-order valence-corrected chi connectivity index (χ0v) is 14.1. The summed E-state index contributed by atoms with van der Waals surface area (Å²) in [6.07, 6.45) is 0. The second-order valence-electron chi connectivity index (χ2n) is 6.35. The number of nitro groups is 1. The van der Waals surface area contributed by atoms with Crippen molar-refractivity contribution in [1.29, 1.82) is 0 Å². The number of benzene rings is 3. The summed E-state index contributed by atoms with van der Waals surface area (Å²) in [7, 11) is 0. The third kappa shape index (κ3) is 2.12. The summed E-state index contributed by atoms with van der Waals surface area (Å²) in [6.45, 7) is 3.72. The van der Waals surface area contributed by atoms with Crippen LogP contribution in [0.4, 0.5) is 11.4 Å². The summed E-state index contributed by atoms with van der Waals surface area (Å²) in [5.41, 5.74) is 2.73. The molecule has 0 saturated carbocycles. The topological polar surface area (TPSA) is 80.5 Å². The van der Waals surface area contributed by atoms with Gasteiger partial charge in [0, 0.05) is 22.6 Å². The highest BCUT2D eigenvalue weighted by Crippen LogP contribution is 2.37. The average Bonchev–Trinajstić information content (AvgIpc) is 2.62. The fourth-order valence-electron chi connectivity index (χ4n) is 3.42. The van der Waals surface area contributed by atoms with Gasteiger partial charge in [0.05, 0.1) is 16.0 Å². The Morgan fingerprint density at radius 3 is 2.31 bits per heavy atom. The summed E-state index contributed by atoms with van der Waals surface area (Å²) in [6, 6.07) is 13.1. The summed E-state index contributed by atoms with van der Waals surface area (Å²) >= 11 is 0. The van der Waals surface area contributed by atoms with Crippen LogP contribution in [0.15, 0.2) is 48.5 Å². The van der Waals surface area contributed by atoms with E-state index in [0.29, 0.717) is 27.6 Å². The molecule has 0 aromatic heterocycles. The van der Waals surface area contributed by atoms with Crippen molar-refractivity contribution in [2.75, 3.05) is 4.90 Å². The maximum absolute atomic E-state index is 13.1. The molecule has 0 atom stereocenters. The van der Waals surface area contributed by atoms with Crippen LogP contribution in [0.1, 0.15) is 31.8 Å². The first-order valence-corrected chi connectivity index (χ1v) is 8.06. The van der Waals surface area contributed by atoms with Crippen molar-refractivity contribution in [2.45, 2.75) is 13.8 Å². The second-order valence-corrected chi connectivity index (χ2v) is 6.35. The van der Waals surface area contributed by atoms with Crippen molar-refractivity contribution in [2.24, 2.45) is 0 Å². The van der Waals surface area contributed by atoms with E-state index < -0.39 is 16.7 Å². The number of aryl methyl sites for hydroxylation is 2. The Labute approximate surface area is 148 Å². The molecule has 3 aromatic rings. The van der Waals surface area contributed by atoms with Crippen molar-refractivity contribution in [3.05, 3.63) is 80.9 Å². The Hall–Kier alpha value is -3.54. The zero-order chi connectivity index (χ0) is 18.6. The molecule has 1 aliphatic heterocycles. The fourth-order valence-corrected chi connectivity index (χ4v) is 3.42. The average molecular weight is 346 g/mol. The van der Waals surface area contributed by atoms with Crippen LogP contribution in [-0.4, -0.2) is 16.7 Å². The predicted molar refractivity (Wildman–Crippen MR) is 97.7 cm³/mol. The van der Waals surface area contributed by atoms with Crippen LogP contribution in [0, 0.1) is 24.0 Å². The highest BCUT2D eigenvalue weighted by molar-refractivity contribution is 6.36. The van der Waals surface area contributed by atoms with E-state index in [4.69, 9.17) is 0 Å². The summed E-state index contributed by atoms with van der Waals surface area (Å²) in [5, 5.41) is 11.9. The van der Waals surface area contributed by atoms with E-state index in [-0.39, 0.29) is 5.69 Å². The molecular weight excluding hydrogens is 332 g/mol. The van der Waals surface area contributed by atoms with Gasteiger partial charge in [-0.2, -0.15) is 0 Å². The van der Waals surface area contributed by atoms with Crippen LogP contribution in [-0.2, 0) is 0 Å². The van der Waals surface area contributed by atoms with Crippen LogP contribution in [0.25, 0.3) is 10.8 Å². The van der Waals surface area contributed by atoms with Gasteiger partial charge in [0.1, 0.15) is 0 Å². The van der Waals surface area contributed by atoms with Gasteiger partial charge in [-0.05, 0) is 49.2 Å². The first-order chi connectivity index (χ1) is 12.4. The third-order valence-corrected chi connectivity index (χ3v) is 4.69. The Balaban J connectivity index is 2.02. The van der Waals surface area contributed by atoms with Crippen molar-refractivity contribution >= 4 is 34.0 Å². The molecule has 6 nitrogen and oxygen atoms in total. The summed E-state index contributed by atoms with van der Waals surface area (Å²) < 4.78 is 0. The molecule has 4 rings (SSSR count). The quantitative estimate of drug-likeness (QED) is 0.396. The smallest absolute Gasteiger partial charge is 0.268 e. The monoisotopic (exact) mass is 346 g/mol. The number of carbonyl (C=O) groups is 2. The molecule has 0 spiro atoms. The largest absolute Gasteiger partial charge is 0.277 e. The van der Waals surface area contributed by atoms with Gasteiger partial charge in [0.2, 0.25) is 0 Å². The zero-order valence-electron chi connectivity index (χ0n) is 14.1. The minimum atomic E-state index is -0.505. The van der Waals surface area contributed by atoms with Gasteiger partial charge in [0.25, 0.3) is 17.5 Å². The molecule has 128 valence electrons. The number of anilines is 1. The van der Waals surface area contributed by atoms with Gasteiger partial charge in [-0.15, -0.1) is 0 Å². The Morgan fingerprint density at radius 1 is 0.923 bits per heavy atom. The predicted octanol–water partition coefficient (Wildman–Crippen LogP) is 4.17. The lowest BCUT2D eigenvalue weighted by molar-refractivity contribution is -0.383. The lowest BCUT2D eigenvalue weighted by atomic mass is 9.92. The normalized spacial score (nSPS) is 13.4. The van der Waals surface area contributed by atoms with E-state index in [1.165, 1.54) is 12.1 Å². The molecule has 1 aliphatic rings. The van der Waals surface area contributed by atoms with Gasteiger partial charge < -0.3 is 0 Å². The van der Waals surface area contributed by atoms with Gasteiger partial charge in [-0.3, -0.25) is 19.7 Å². The summed E-state index contributed by atoms with van der Waals surface area (Å²) in [5.74, 6) is -0.940. The molecule has 0 unspecified atom stereocenters. The molecular formula is C20H14N2O4. The minimum Gasteiger partial charge on any atom is -0.268 e. The van der Waals surface area contributed by atoms with Crippen LogP contribution in [0.2, 0.25) is 0 Å². The van der Waals surface area contributed by atoms with Crippen LogP contribution < -0.4 is 4.90 Å². The van der Waals surface area contributed by atoms with Crippen molar-refractivity contribution in [3.8, 4) is 0 Å². The highest BCUT2D eigenvalue weighted by Gasteiger charge is 2.36. The molecule has 3 aromatic carbocycles. The standard InChI is InChI=1S/C20H14N2O4/c1-11-6-7-12(2)17(10-11)21-19(23)14-5-3-4-13-16(22(25)26)9-8-15(18(13)14)20(21)24/h3-10H,1-2H3. The van der Waals surface area contributed by atoms with E-state index >= 15 is 0 Å². The number of rotatable bonds is 2. The van der Waals surface area contributed by atoms with Crippen molar-refractivity contribution < 1.29 is 14.5 Å². The molecule has 1 heterocycles. The number of nitro benzene ring substituents is 1. The molecule has 0 fully saturated rings. The lowest BCUT2D eigenvalue weighted by Gasteiger charge is -2.28. The first-order valence-electron chi connectivity index (χ1n) is 8.06. The van der Waals surface area contributed by atoms with E-state index in [2.05, 4.69) is 0 Å². The van der Waals surface area contributed by atoms with E-state index in [0.717, 1.165) is 16.0 Å². The molecule has 0 N–H and O–H groups in total. The molecule has 0 saturated heterocycles. The number of non-ortho nitro benzene ring substituents is 1. The molecule has 0 aliphatic carbocycles. The number of hydrogen-bond donors (Lipinski definition) is 0. The second kappa shape index (κ2) is 5.49. The first kappa shape index (κ1) is 16.0. The molecule has 26 heavy (non-hydrogen) atoms. The van der Waals surface area contributed by atoms with Gasteiger partial charge in [-0.25, -0.2) is 4.90 Å². The lowest BCUT2D eigenvalue weighted by Crippen LogP contribution is -2.40.